The summed E-state index contributed by atoms with van der Waals surface area (Å²) >= 11 is 0. The van der Waals surface area contributed by atoms with Crippen LogP contribution in [0.2, 0.25) is 0 Å². The molecule has 0 amide bonds. The van der Waals surface area contributed by atoms with Crippen LogP contribution in [0.5, 0.6) is 0 Å². The topological polar surface area (TPSA) is 72.8 Å². The number of rotatable bonds is 7. The standard InChI is InChI=1S/C20H24O5/c1-4-20(2,3)19(23)25-13-15(21)12-24-18(22)17-11-7-9-14-8-5-6-10-16(14)17/h5-11,15,21H,4,12-13H2,1-3H3. The van der Waals surface area contributed by atoms with E-state index in [-0.39, 0.29) is 19.2 Å². The minimum atomic E-state index is -1.06. The summed E-state index contributed by atoms with van der Waals surface area (Å²) in [5, 5.41) is 11.6. The summed E-state index contributed by atoms with van der Waals surface area (Å²) in [5.74, 6) is -0.898. The Hall–Kier alpha value is -2.40. The SMILES string of the molecule is CCC(C)(C)C(=O)OCC(O)COC(=O)c1cccc2ccccc12. The van der Waals surface area contributed by atoms with Gasteiger partial charge >= 0.3 is 11.9 Å². The molecule has 0 saturated heterocycles. The number of carbonyl (C=O) groups excluding carboxylic acids is 2. The van der Waals surface area contributed by atoms with Gasteiger partial charge in [-0.2, -0.15) is 0 Å². The number of ether oxygens (including phenoxy) is 2. The fourth-order valence-corrected chi connectivity index (χ4v) is 2.21. The van der Waals surface area contributed by atoms with Crippen molar-refractivity contribution in [2.45, 2.75) is 33.3 Å². The van der Waals surface area contributed by atoms with E-state index in [0.29, 0.717) is 12.0 Å². The normalized spacial score (nSPS) is 12.6. The van der Waals surface area contributed by atoms with Crippen LogP contribution in [0.25, 0.3) is 10.8 Å². The zero-order valence-electron chi connectivity index (χ0n) is 14.8. The van der Waals surface area contributed by atoms with Gasteiger partial charge in [-0.05, 0) is 37.1 Å². The van der Waals surface area contributed by atoms with E-state index in [0.717, 1.165) is 10.8 Å². The molecule has 5 nitrogen and oxygen atoms in total. The molecule has 0 radical (unpaired) electrons. The first-order chi connectivity index (χ1) is 11.8. The van der Waals surface area contributed by atoms with Crippen molar-refractivity contribution >= 4 is 22.7 Å². The van der Waals surface area contributed by atoms with Gasteiger partial charge in [0.05, 0.1) is 11.0 Å². The van der Waals surface area contributed by atoms with E-state index < -0.39 is 17.5 Å². The van der Waals surface area contributed by atoms with Crippen LogP contribution in [0.1, 0.15) is 37.6 Å². The summed E-state index contributed by atoms with van der Waals surface area (Å²) in [7, 11) is 0. The second kappa shape index (κ2) is 8.12. The van der Waals surface area contributed by atoms with Crippen LogP contribution in [0, 0.1) is 5.41 Å². The van der Waals surface area contributed by atoms with E-state index in [1.807, 2.05) is 37.3 Å². The molecule has 1 unspecified atom stereocenters. The maximum absolute atomic E-state index is 12.3. The first kappa shape index (κ1) is 18.9. The van der Waals surface area contributed by atoms with Gasteiger partial charge in [-0.1, -0.05) is 43.3 Å². The molecular weight excluding hydrogens is 320 g/mol. The lowest BCUT2D eigenvalue weighted by Gasteiger charge is -2.21. The van der Waals surface area contributed by atoms with E-state index in [1.165, 1.54) is 0 Å². The highest BCUT2D eigenvalue weighted by Crippen LogP contribution is 2.22. The molecule has 0 fully saturated rings. The number of fused-ring (bicyclic) bond motifs is 1. The molecule has 0 saturated carbocycles. The van der Waals surface area contributed by atoms with E-state index in [4.69, 9.17) is 9.47 Å². The van der Waals surface area contributed by atoms with Gasteiger partial charge < -0.3 is 14.6 Å². The lowest BCUT2D eigenvalue weighted by atomic mass is 9.91. The van der Waals surface area contributed by atoms with Crippen molar-refractivity contribution in [1.82, 2.24) is 0 Å². The monoisotopic (exact) mass is 344 g/mol. The number of carbonyl (C=O) groups is 2. The maximum atomic E-state index is 12.3. The second-order valence-electron chi connectivity index (χ2n) is 6.61. The predicted molar refractivity (Wildman–Crippen MR) is 95.3 cm³/mol. The molecule has 1 atom stereocenters. The molecular formula is C20H24O5. The van der Waals surface area contributed by atoms with Gasteiger partial charge in [0.25, 0.3) is 0 Å². The molecule has 1 N–H and O–H groups in total. The van der Waals surface area contributed by atoms with Gasteiger partial charge in [-0.25, -0.2) is 4.79 Å². The molecule has 0 aliphatic heterocycles. The highest BCUT2D eigenvalue weighted by atomic mass is 16.6. The number of aliphatic hydroxyl groups is 1. The smallest absolute Gasteiger partial charge is 0.338 e. The van der Waals surface area contributed by atoms with Gasteiger partial charge in [-0.3, -0.25) is 4.79 Å². The third-order valence-corrected chi connectivity index (χ3v) is 4.26. The molecule has 0 aromatic heterocycles. The molecule has 134 valence electrons. The number of esters is 2. The Morgan fingerprint density at radius 1 is 1.04 bits per heavy atom. The van der Waals surface area contributed by atoms with E-state index in [1.54, 1.807) is 26.0 Å². The molecule has 2 aromatic carbocycles. The van der Waals surface area contributed by atoms with Crippen molar-refractivity contribution < 1.29 is 24.2 Å². The molecule has 2 rings (SSSR count). The van der Waals surface area contributed by atoms with Gasteiger partial charge in [0, 0.05) is 0 Å². The first-order valence-electron chi connectivity index (χ1n) is 8.35. The lowest BCUT2D eigenvalue weighted by molar-refractivity contribution is -0.157. The summed E-state index contributed by atoms with van der Waals surface area (Å²) in [6.07, 6.45) is -0.423. The van der Waals surface area contributed by atoms with Crippen molar-refractivity contribution in [3.63, 3.8) is 0 Å². The van der Waals surface area contributed by atoms with Crippen molar-refractivity contribution in [3.05, 3.63) is 48.0 Å². The number of benzene rings is 2. The summed E-state index contributed by atoms with van der Waals surface area (Å²) in [4.78, 5) is 24.1. The Morgan fingerprint density at radius 2 is 1.68 bits per heavy atom. The summed E-state index contributed by atoms with van der Waals surface area (Å²) in [5.41, 5.74) is -0.159. The molecule has 5 heteroatoms. The van der Waals surface area contributed by atoms with Gasteiger partial charge in [0.2, 0.25) is 0 Å². The summed E-state index contributed by atoms with van der Waals surface area (Å²) < 4.78 is 10.2. The third kappa shape index (κ3) is 4.79. The zero-order chi connectivity index (χ0) is 18.4. The molecule has 2 aromatic rings. The number of hydrogen-bond donors (Lipinski definition) is 1. The molecule has 0 heterocycles. The first-order valence-corrected chi connectivity index (χ1v) is 8.35. The molecule has 0 bridgehead atoms. The lowest BCUT2D eigenvalue weighted by Crippen LogP contribution is -2.31. The highest BCUT2D eigenvalue weighted by molar-refractivity contribution is 6.04. The Kier molecular flexibility index (Phi) is 6.15. The fraction of sp³-hybridized carbons (Fsp3) is 0.400. The predicted octanol–water partition coefficient (Wildman–Crippen LogP) is 3.34. The van der Waals surface area contributed by atoms with Crippen LogP contribution in [-0.2, 0) is 14.3 Å². The van der Waals surface area contributed by atoms with Gasteiger partial charge in [0.1, 0.15) is 19.3 Å². The average molecular weight is 344 g/mol. The second-order valence-corrected chi connectivity index (χ2v) is 6.61. The Balaban J connectivity index is 1.90. The van der Waals surface area contributed by atoms with E-state index >= 15 is 0 Å². The minimum absolute atomic E-state index is 0.203. The zero-order valence-corrected chi connectivity index (χ0v) is 14.8. The minimum Gasteiger partial charge on any atom is -0.462 e. The van der Waals surface area contributed by atoms with Crippen LogP contribution < -0.4 is 0 Å². The van der Waals surface area contributed by atoms with E-state index in [2.05, 4.69) is 0 Å². The van der Waals surface area contributed by atoms with E-state index in [9.17, 15) is 14.7 Å². The van der Waals surface area contributed by atoms with Crippen LogP contribution in [0.3, 0.4) is 0 Å². The van der Waals surface area contributed by atoms with Crippen molar-refractivity contribution in [3.8, 4) is 0 Å². The van der Waals surface area contributed by atoms with Gasteiger partial charge in [-0.15, -0.1) is 0 Å². The Labute approximate surface area is 147 Å². The molecule has 25 heavy (non-hydrogen) atoms. The Morgan fingerprint density at radius 3 is 2.40 bits per heavy atom. The van der Waals surface area contributed by atoms with Crippen molar-refractivity contribution in [2.75, 3.05) is 13.2 Å². The number of aliphatic hydroxyl groups excluding tert-OH is 1. The van der Waals surface area contributed by atoms with Crippen LogP contribution in [0.4, 0.5) is 0 Å². The molecule has 0 aliphatic rings. The number of hydrogen-bond acceptors (Lipinski definition) is 5. The quantitative estimate of drug-likeness (QED) is 0.780. The van der Waals surface area contributed by atoms with Gasteiger partial charge in [0.15, 0.2) is 0 Å². The molecule has 0 aliphatic carbocycles. The van der Waals surface area contributed by atoms with Crippen molar-refractivity contribution in [1.29, 1.82) is 0 Å². The molecule has 0 spiro atoms. The van der Waals surface area contributed by atoms with Crippen LogP contribution >= 0.6 is 0 Å². The fourth-order valence-electron chi connectivity index (χ4n) is 2.21. The highest BCUT2D eigenvalue weighted by Gasteiger charge is 2.27. The average Bonchev–Trinajstić information content (AvgIpc) is 2.63. The van der Waals surface area contributed by atoms with Crippen molar-refractivity contribution in [2.24, 2.45) is 5.41 Å². The summed E-state index contributed by atoms with van der Waals surface area (Å²) in [6.45, 7) is 5.02. The largest absolute Gasteiger partial charge is 0.462 e. The Bertz CT molecular complexity index is 745. The van der Waals surface area contributed by atoms with Crippen LogP contribution in [-0.4, -0.2) is 36.4 Å². The maximum Gasteiger partial charge on any atom is 0.338 e. The third-order valence-electron chi connectivity index (χ3n) is 4.26. The summed E-state index contributed by atoms with van der Waals surface area (Å²) in [6, 6.07) is 12.9. The van der Waals surface area contributed by atoms with Crippen LogP contribution in [0.15, 0.2) is 42.5 Å².